The second-order valence-electron chi connectivity index (χ2n) is 8.20. The molecule has 0 aliphatic rings. The highest BCUT2D eigenvalue weighted by Gasteiger charge is 2.31. The lowest BCUT2D eigenvalue weighted by Crippen LogP contribution is -2.42. The molecule has 2 aromatic heterocycles. The number of carboxylic acids is 2. The van der Waals surface area contributed by atoms with Crippen LogP contribution >= 0.6 is 22.7 Å². The molecule has 0 unspecified atom stereocenters. The fourth-order valence-electron chi connectivity index (χ4n) is 2.80. The number of rotatable bonds is 11. The Hall–Kier alpha value is -3.97. The first-order valence-electron chi connectivity index (χ1n) is 10.5. The van der Waals surface area contributed by atoms with E-state index in [1.54, 1.807) is 32.0 Å². The predicted molar refractivity (Wildman–Crippen MR) is 136 cm³/mol. The number of aromatic carboxylic acids is 2. The number of carbonyl (C=O) groups is 3. The second-order valence-corrected chi connectivity index (χ2v) is 10.3. The van der Waals surface area contributed by atoms with Crippen LogP contribution in [0.1, 0.15) is 52.6 Å². The van der Waals surface area contributed by atoms with Crippen molar-refractivity contribution in [2.45, 2.75) is 39.4 Å². The molecule has 13 heteroatoms. The van der Waals surface area contributed by atoms with Gasteiger partial charge in [0.15, 0.2) is 15.9 Å². The molecule has 190 valence electrons. The number of anilines is 2. The van der Waals surface area contributed by atoms with Crippen molar-refractivity contribution in [3.8, 4) is 11.5 Å². The number of carboxylic acid groups (broad SMARTS) is 2. The quantitative estimate of drug-likeness (QED) is 0.273. The van der Waals surface area contributed by atoms with Gasteiger partial charge < -0.3 is 25.0 Å². The van der Waals surface area contributed by atoms with Gasteiger partial charge >= 0.3 is 11.9 Å². The Labute approximate surface area is 214 Å². The average Bonchev–Trinajstić information content (AvgIpc) is 3.42. The summed E-state index contributed by atoms with van der Waals surface area (Å²) in [4.78, 5) is 43.1. The number of ether oxygens (including phenoxy) is 2. The molecule has 0 aliphatic carbocycles. The van der Waals surface area contributed by atoms with E-state index in [1.165, 1.54) is 6.20 Å². The third-order valence-electron chi connectivity index (χ3n) is 4.43. The Morgan fingerprint density at radius 1 is 0.944 bits per heavy atom. The van der Waals surface area contributed by atoms with Gasteiger partial charge in [-0.1, -0.05) is 29.3 Å². The van der Waals surface area contributed by atoms with Crippen LogP contribution in [0, 0.1) is 0 Å². The van der Waals surface area contributed by atoms with Gasteiger partial charge in [0.25, 0.3) is 5.91 Å². The van der Waals surface area contributed by atoms with Crippen LogP contribution in [0.15, 0.2) is 37.2 Å². The van der Waals surface area contributed by atoms with Gasteiger partial charge in [-0.25, -0.2) is 19.6 Å². The Morgan fingerprint density at radius 2 is 1.47 bits per heavy atom. The average molecular weight is 533 g/mol. The van der Waals surface area contributed by atoms with Crippen LogP contribution in [-0.4, -0.2) is 49.7 Å². The summed E-state index contributed by atoms with van der Waals surface area (Å²) in [6.07, 6.45) is 2.27. The van der Waals surface area contributed by atoms with Gasteiger partial charge in [0, 0.05) is 17.3 Å². The molecular weight excluding hydrogens is 508 g/mol. The highest BCUT2D eigenvalue weighted by molar-refractivity contribution is 7.17. The zero-order valence-electron chi connectivity index (χ0n) is 19.8. The lowest BCUT2D eigenvalue weighted by Gasteiger charge is -2.26. The van der Waals surface area contributed by atoms with E-state index < -0.39 is 23.4 Å². The maximum atomic E-state index is 12.9. The summed E-state index contributed by atoms with van der Waals surface area (Å²) in [6.45, 7) is 10.8. The lowest BCUT2D eigenvalue weighted by atomic mass is 10.1. The van der Waals surface area contributed by atoms with E-state index in [1.807, 2.05) is 13.8 Å². The number of nitrogens with zero attached hydrogens (tertiary/aromatic N) is 2. The molecule has 0 bridgehead atoms. The number of hydrogen-bond donors (Lipinski definition) is 4. The zero-order valence-corrected chi connectivity index (χ0v) is 21.5. The van der Waals surface area contributed by atoms with Crippen LogP contribution in [0.4, 0.5) is 10.3 Å². The van der Waals surface area contributed by atoms with Crippen molar-refractivity contribution in [3.63, 3.8) is 0 Å². The summed E-state index contributed by atoms with van der Waals surface area (Å²) in [7, 11) is 0. The van der Waals surface area contributed by atoms with E-state index in [0.717, 1.165) is 28.9 Å². The number of hydrogen-bond acceptors (Lipinski definition) is 10. The topological polar surface area (TPSA) is 160 Å². The maximum Gasteiger partial charge on any atom is 0.347 e. The number of aromatic nitrogens is 2. The van der Waals surface area contributed by atoms with Gasteiger partial charge in [-0.2, -0.15) is 0 Å². The van der Waals surface area contributed by atoms with Crippen LogP contribution in [0.3, 0.4) is 0 Å². The second kappa shape index (κ2) is 10.7. The monoisotopic (exact) mass is 532 g/mol. The molecule has 0 atom stereocenters. The Balaban J connectivity index is 1.81. The first kappa shape index (κ1) is 26.6. The third kappa shape index (κ3) is 6.79. The van der Waals surface area contributed by atoms with Crippen molar-refractivity contribution in [2.24, 2.45) is 0 Å². The number of amides is 1. The third-order valence-corrected chi connectivity index (χ3v) is 6.23. The largest absolute Gasteiger partial charge is 0.491 e. The minimum absolute atomic E-state index is 0.00563. The minimum atomic E-state index is -1.37. The highest BCUT2D eigenvalue weighted by Crippen LogP contribution is 2.31. The van der Waals surface area contributed by atoms with Crippen LogP contribution in [-0.2, 0) is 4.79 Å². The van der Waals surface area contributed by atoms with Crippen molar-refractivity contribution in [2.75, 3.05) is 10.6 Å². The van der Waals surface area contributed by atoms with Crippen molar-refractivity contribution in [1.82, 2.24) is 9.97 Å². The van der Waals surface area contributed by atoms with E-state index in [0.29, 0.717) is 27.9 Å². The van der Waals surface area contributed by atoms with Gasteiger partial charge in [0.1, 0.15) is 21.3 Å². The lowest BCUT2D eigenvalue weighted by molar-refractivity contribution is -0.128. The molecule has 1 amide bonds. The first-order chi connectivity index (χ1) is 16.8. The standard InChI is InChI=1S/C23H24N4O7S2/c1-11(2)33-14-6-13(12(3)26-21-24-9-16(35-21)18(28)29)7-15(8-14)34-23(4,5)20(32)27-22-25-10-17(36-22)19(30)31/h6-11H,3H2,1-2,4-5H3,(H,24,26)(H,28,29)(H,30,31)(H,25,27,32). The van der Waals surface area contributed by atoms with E-state index in [2.05, 4.69) is 27.2 Å². The molecule has 2 heterocycles. The number of nitrogens with one attached hydrogen (secondary N) is 2. The molecule has 0 saturated carbocycles. The summed E-state index contributed by atoms with van der Waals surface area (Å²) in [6, 6.07) is 5.00. The number of carbonyl (C=O) groups excluding carboxylic acids is 1. The van der Waals surface area contributed by atoms with Gasteiger partial charge in [-0.05, 0) is 39.8 Å². The van der Waals surface area contributed by atoms with E-state index in [-0.39, 0.29) is 21.0 Å². The molecule has 3 aromatic rings. The molecule has 36 heavy (non-hydrogen) atoms. The number of benzene rings is 1. The molecule has 0 spiro atoms. The minimum Gasteiger partial charge on any atom is -0.491 e. The normalized spacial score (nSPS) is 11.1. The SMILES string of the molecule is C=C(Nc1ncc(C(=O)O)s1)c1cc(OC(C)C)cc(OC(C)(C)C(=O)Nc2ncc(C(=O)O)s2)c1. The molecule has 0 fully saturated rings. The maximum absolute atomic E-state index is 12.9. The summed E-state index contributed by atoms with van der Waals surface area (Å²) >= 11 is 1.79. The fourth-order valence-corrected chi connectivity index (χ4v) is 4.13. The van der Waals surface area contributed by atoms with Crippen molar-refractivity contribution < 1.29 is 34.1 Å². The van der Waals surface area contributed by atoms with Gasteiger partial charge in [0.05, 0.1) is 18.5 Å². The summed E-state index contributed by atoms with van der Waals surface area (Å²) in [5.74, 6) is -1.98. The Morgan fingerprint density at radius 3 is 1.97 bits per heavy atom. The highest BCUT2D eigenvalue weighted by atomic mass is 32.1. The van der Waals surface area contributed by atoms with Crippen molar-refractivity contribution in [3.05, 3.63) is 52.5 Å². The Kier molecular flexibility index (Phi) is 7.95. The Bertz CT molecular complexity index is 1310. The van der Waals surface area contributed by atoms with Crippen LogP contribution in [0.5, 0.6) is 11.5 Å². The smallest absolute Gasteiger partial charge is 0.347 e. The summed E-state index contributed by atoms with van der Waals surface area (Å²) in [5.41, 5.74) is -0.396. The molecule has 0 saturated heterocycles. The zero-order chi connectivity index (χ0) is 26.6. The van der Waals surface area contributed by atoms with Gasteiger partial charge in [-0.3, -0.25) is 10.1 Å². The molecule has 11 nitrogen and oxygen atoms in total. The van der Waals surface area contributed by atoms with E-state index >= 15 is 0 Å². The van der Waals surface area contributed by atoms with Gasteiger partial charge in [0.2, 0.25) is 0 Å². The fraction of sp³-hybridized carbons (Fsp3) is 0.261. The first-order valence-corrected chi connectivity index (χ1v) is 12.1. The van der Waals surface area contributed by atoms with Crippen molar-refractivity contribution in [1.29, 1.82) is 0 Å². The van der Waals surface area contributed by atoms with E-state index in [4.69, 9.17) is 19.7 Å². The molecule has 4 N–H and O–H groups in total. The number of thiazole rings is 2. The van der Waals surface area contributed by atoms with Crippen LogP contribution in [0.25, 0.3) is 5.70 Å². The van der Waals surface area contributed by atoms with Crippen molar-refractivity contribution >= 4 is 56.5 Å². The molecule has 1 aromatic carbocycles. The summed E-state index contributed by atoms with van der Waals surface area (Å²) in [5, 5.41) is 24.2. The molecule has 3 rings (SSSR count). The molecular formula is C23H24N4O7S2. The molecule has 0 aliphatic heterocycles. The molecule has 0 radical (unpaired) electrons. The van der Waals surface area contributed by atoms with Crippen LogP contribution < -0.4 is 20.1 Å². The summed E-state index contributed by atoms with van der Waals surface area (Å²) < 4.78 is 11.8. The predicted octanol–water partition coefficient (Wildman–Crippen LogP) is 4.66. The van der Waals surface area contributed by atoms with Gasteiger partial charge in [-0.15, -0.1) is 0 Å². The van der Waals surface area contributed by atoms with Crippen LogP contribution in [0.2, 0.25) is 0 Å². The van der Waals surface area contributed by atoms with E-state index in [9.17, 15) is 14.4 Å².